The predicted molar refractivity (Wildman–Crippen MR) is 113 cm³/mol. The maximum Gasteiger partial charge on any atom is 0.322 e. The van der Waals surface area contributed by atoms with Gasteiger partial charge in [0.2, 0.25) is 28.6 Å². The van der Waals surface area contributed by atoms with E-state index in [4.69, 9.17) is 25.5 Å². The third-order valence-electron chi connectivity index (χ3n) is 5.20. The van der Waals surface area contributed by atoms with Crippen molar-refractivity contribution in [3.05, 3.63) is 47.5 Å². The molecule has 2 aromatic carbocycles. The number of hydrogen-bond acceptors (Lipinski definition) is 8. The van der Waals surface area contributed by atoms with E-state index < -0.39 is 22.0 Å². The Morgan fingerprint density at radius 2 is 1.88 bits per heavy atom. The number of aromatic nitrogens is 2. The second kappa shape index (κ2) is 8.08. The van der Waals surface area contributed by atoms with Gasteiger partial charge in [0, 0.05) is 17.1 Å². The molecule has 0 spiro atoms. The molecule has 5 rings (SSSR count). The summed E-state index contributed by atoms with van der Waals surface area (Å²) >= 11 is 5.86. The van der Waals surface area contributed by atoms with Crippen molar-refractivity contribution in [3.8, 4) is 23.0 Å². The number of amides is 1. The number of halogens is 1. The molecule has 2 aliphatic rings. The Hall–Kier alpha value is -3.15. The molecule has 2 aliphatic heterocycles. The SMILES string of the molecule is O=C(Nc1nnc(-c2ccc3c(c2)OCO3)o1)C1CCCN1S(=O)(=O)c1ccc(Cl)cc1. The molecule has 1 saturated heterocycles. The van der Waals surface area contributed by atoms with E-state index in [0.717, 1.165) is 0 Å². The van der Waals surface area contributed by atoms with E-state index in [0.29, 0.717) is 34.9 Å². The molecule has 0 aliphatic carbocycles. The van der Waals surface area contributed by atoms with Gasteiger partial charge in [-0.3, -0.25) is 10.1 Å². The van der Waals surface area contributed by atoms with Gasteiger partial charge in [-0.25, -0.2) is 8.42 Å². The number of sulfonamides is 1. The number of nitrogens with zero attached hydrogens (tertiary/aromatic N) is 3. The first-order valence-corrected chi connectivity index (χ1v) is 11.6. The maximum atomic E-state index is 13.0. The summed E-state index contributed by atoms with van der Waals surface area (Å²) < 4.78 is 43.4. The molecule has 1 fully saturated rings. The van der Waals surface area contributed by atoms with E-state index in [1.807, 2.05) is 0 Å². The van der Waals surface area contributed by atoms with Gasteiger partial charge in [-0.15, -0.1) is 5.10 Å². The molecule has 1 unspecified atom stereocenters. The second-order valence-corrected chi connectivity index (χ2v) is 9.52. The molecule has 166 valence electrons. The first-order chi connectivity index (χ1) is 15.4. The lowest BCUT2D eigenvalue weighted by Gasteiger charge is -2.22. The Kier molecular flexibility index (Phi) is 5.24. The summed E-state index contributed by atoms with van der Waals surface area (Å²) in [6.45, 7) is 0.371. The van der Waals surface area contributed by atoms with Crippen molar-refractivity contribution >= 4 is 33.5 Å². The molecule has 1 N–H and O–H groups in total. The van der Waals surface area contributed by atoms with Gasteiger partial charge in [0.15, 0.2) is 11.5 Å². The van der Waals surface area contributed by atoms with Gasteiger partial charge >= 0.3 is 6.01 Å². The van der Waals surface area contributed by atoms with Crippen molar-refractivity contribution in [3.63, 3.8) is 0 Å². The van der Waals surface area contributed by atoms with Crippen LogP contribution in [0.25, 0.3) is 11.5 Å². The lowest BCUT2D eigenvalue weighted by atomic mass is 10.2. The monoisotopic (exact) mass is 476 g/mol. The highest BCUT2D eigenvalue weighted by Gasteiger charge is 2.40. The fourth-order valence-electron chi connectivity index (χ4n) is 3.64. The number of anilines is 1. The number of nitrogens with one attached hydrogen (secondary N) is 1. The zero-order valence-electron chi connectivity index (χ0n) is 16.5. The average Bonchev–Trinajstić information content (AvgIpc) is 3.53. The Balaban J connectivity index is 1.32. The number of carbonyl (C=O) groups excluding carboxylic acids is 1. The summed E-state index contributed by atoms with van der Waals surface area (Å²) in [5, 5.41) is 10.7. The topological polar surface area (TPSA) is 124 Å². The van der Waals surface area contributed by atoms with Crippen molar-refractivity contribution in [2.45, 2.75) is 23.8 Å². The van der Waals surface area contributed by atoms with Gasteiger partial charge < -0.3 is 13.9 Å². The van der Waals surface area contributed by atoms with Crippen molar-refractivity contribution < 1.29 is 27.1 Å². The number of benzene rings is 2. The van der Waals surface area contributed by atoms with E-state index >= 15 is 0 Å². The first kappa shape index (κ1) is 20.7. The highest BCUT2D eigenvalue weighted by Crippen LogP contribution is 2.36. The van der Waals surface area contributed by atoms with E-state index in [2.05, 4.69) is 15.5 Å². The molecule has 0 bridgehead atoms. The Morgan fingerprint density at radius 1 is 1.09 bits per heavy atom. The minimum atomic E-state index is -3.86. The Labute approximate surface area is 188 Å². The van der Waals surface area contributed by atoms with Crippen LogP contribution in [0.15, 0.2) is 51.8 Å². The van der Waals surface area contributed by atoms with Gasteiger partial charge in [0.25, 0.3) is 0 Å². The quantitative estimate of drug-likeness (QED) is 0.596. The molecular weight excluding hydrogens is 460 g/mol. The lowest BCUT2D eigenvalue weighted by Crippen LogP contribution is -2.43. The van der Waals surface area contributed by atoms with Gasteiger partial charge in [0.1, 0.15) is 6.04 Å². The van der Waals surface area contributed by atoms with Crippen LogP contribution in [0.1, 0.15) is 12.8 Å². The van der Waals surface area contributed by atoms with Gasteiger partial charge in [-0.1, -0.05) is 16.7 Å². The third kappa shape index (κ3) is 3.78. The van der Waals surface area contributed by atoms with Crippen LogP contribution < -0.4 is 14.8 Å². The summed E-state index contributed by atoms with van der Waals surface area (Å²) in [5.41, 5.74) is 0.593. The standard InChI is InChI=1S/C20H17ClN4O6S/c21-13-4-6-14(7-5-13)32(27,28)25-9-1-2-15(25)18(26)22-20-24-23-19(31-20)12-3-8-16-17(10-12)30-11-29-16/h3-8,10,15H,1-2,9,11H2,(H,22,24,26). The molecular formula is C20H17ClN4O6S. The van der Waals surface area contributed by atoms with E-state index in [1.165, 1.54) is 28.6 Å². The van der Waals surface area contributed by atoms with Crippen LogP contribution in [0.4, 0.5) is 6.01 Å². The fraction of sp³-hybridized carbons (Fsp3) is 0.250. The molecule has 1 amide bonds. The minimum Gasteiger partial charge on any atom is -0.454 e. The second-order valence-electron chi connectivity index (χ2n) is 7.20. The van der Waals surface area contributed by atoms with Crippen LogP contribution in [-0.4, -0.2) is 48.2 Å². The molecule has 3 aromatic rings. The van der Waals surface area contributed by atoms with Gasteiger partial charge in [0.05, 0.1) is 4.90 Å². The van der Waals surface area contributed by atoms with E-state index in [1.54, 1.807) is 18.2 Å². The number of rotatable bonds is 5. The number of carbonyl (C=O) groups is 1. The third-order valence-corrected chi connectivity index (χ3v) is 7.38. The zero-order valence-corrected chi connectivity index (χ0v) is 18.1. The van der Waals surface area contributed by atoms with Crippen LogP contribution in [0.5, 0.6) is 11.5 Å². The van der Waals surface area contributed by atoms with Crippen LogP contribution in [-0.2, 0) is 14.8 Å². The summed E-state index contributed by atoms with van der Waals surface area (Å²) in [7, 11) is -3.86. The molecule has 12 heteroatoms. The Morgan fingerprint density at radius 3 is 2.69 bits per heavy atom. The summed E-state index contributed by atoms with van der Waals surface area (Å²) in [6.07, 6.45) is 0.930. The summed E-state index contributed by atoms with van der Waals surface area (Å²) in [6, 6.07) is 9.95. The number of hydrogen-bond donors (Lipinski definition) is 1. The predicted octanol–water partition coefficient (Wildman–Crippen LogP) is 2.91. The van der Waals surface area contributed by atoms with Crippen molar-refractivity contribution in [2.75, 3.05) is 18.7 Å². The highest BCUT2D eigenvalue weighted by molar-refractivity contribution is 7.89. The van der Waals surface area contributed by atoms with Crippen LogP contribution in [0.2, 0.25) is 5.02 Å². The number of fused-ring (bicyclic) bond motifs is 1. The zero-order chi connectivity index (χ0) is 22.3. The first-order valence-electron chi connectivity index (χ1n) is 9.73. The fourth-order valence-corrected chi connectivity index (χ4v) is 5.42. The molecule has 32 heavy (non-hydrogen) atoms. The van der Waals surface area contributed by atoms with E-state index in [9.17, 15) is 13.2 Å². The largest absolute Gasteiger partial charge is 0.454 e. The maximum absolute atomic E-state index is 13.0. The Bertz CT molecular complexity index is 1280. The van der Waals surface area contributed by atoms with Crippen LogP contribution in [0.3, 0.4) is 0 Å². The van der Waals surface area contributed by atoms with Crippen molar-refractivity contribution in [2.24, 2.45) is 0 Å². The molecule has 0 radical (unpaired) electrons. The average molecular weight is 477 g/mol. The van der Waals surface area contributed by atoms with Crippen LogP contribution in [0, 0.1) is 0 Å². The normalized spacial score (nSPS) is 18.1. The molecule has 0 saturated carbocycles. The smallest absolute Gasteiger partial charge is 0.322 e. The minimum absolute atomic E-state index is 0.0736. The highest BCUT2D eigenvalue weighted by atomic mass is 35.5. The molecule has 10 nitrogen and oxygen atoms in total. The van der Waals surface area contributed by atoms with Gasteiger partial charge in [-0.05, 0) is 55.3 Å². The van der Waals surface area contributed by atoms with Gasteiger partial charge in [-0.2, -0.15) is 4.31 Å². The summed E-state index contributed by atoms with van der Waals surface area (Å²) in [5.74, 6) is 0.807. The molecule has 1 aromatic heterocycles. The van der Waals surface area contributed by atoms with Crippen molar-refractivity contribution in [1.29, 1.82) is 0 Å². The van der Waals surface area contributed by atoms with E-state index in [-0.39, 0.29) is 30.1 Å². The van der Waals surface area contributed by atoms with Crippen LogP contribution >= 0.6 is 11.6 Å². The lowest BCUT2D eigenvalue weighted by molar-refractivity contribution is -0.119. The molecule has 3 heterocycles. The summed E-state index contributed by atoms with van der Waals surface area (Å²) in [4.78, 5) is 12.9. The molecule has 1 atom stereocenters. The van der Waals surface area contributed by atoms with Crippen molar-refractivity contribution in [1.82, 2.24) is 14.5 Å². The number of ether oxygens (including phenoxy) is 2.